The lowest BCUT2D eigenvalue weighted by Crippen LogP contribution is -2.42. The van der Waals surface area contributed by atoms with E-state index in [2.05, 4.69) is 29.6 Å². The second kappa shape index (κ2) is 7.34. The number of aliphatic hydroxyl groups excluding tert-OH is 1. The third-order valence-electron chi connectivity index (χ3n) is 3.75. The standard InChI is InChI=1S/C18H23NO2/c1-3-19-17(18(21)11-13(2)20)12-15-9-6-8-14-7-4-5-10-16(14)15/h4-10,17-19,21H,3,11-12H2,1-2H3/t17-,18?/m0/s1. The largest absolute Gasteiger partial charge is 0.391 e. The molecule has 0 saturated carbocycles. The van der Waals surface area contributed by atoms with Gasteiger partial charge in [0.05, 0.1) is 6.10 Å². The molecule has 0 fully saturated rings. The van der Waals surface area contributed by atoms with Crippen molar-refractivity contribution in [2.45, 2.75) is 38.8 Å². The molecular weight excluding hydrogens is 262 g/mol. The molecule has 0 aliphatic carbocycles. The summed E-state index contributed by atoms with van der Waals surface area (Å²) in [6, 6.07) is 14.4. The SMILES string of the molecule is CCN[C@@H](Cc1cccc2ccccc12)C(O)CC(C)=O. The fourth-order valence-electron chi connectivity index (χ4n) is 2.75. The summed E-state index contributed by atoms with van der Waals surface area (Å²) in [4.78, 5) is 11.2. The molecule has 0 amide bonds. The molecule has 2 N–H and O–H groups in total. The van der Waals surface area contributed by atoms with Gasteiger partial charge in [-0.25, -0.2) is 0 Å². The highest BCUT2D eigenvalue weighted by Gasteiger charge is 2.20. The molecule has 0 aromatic heterocycles. The van der Waals surface area contributed by atoms with Crippen LogP contribution in [0, 0.1) is 0 Å². The van der Waals surface area contributed by atoms with Crippen LogP contribution >= 0.6 is 0 Å². The molecular formula is C18H23NO2. The minimum atomic E-state index is -0.651. The average Bonchev–Trinajstić information content (AvgIpc) is 2.46. The summed E-state index contributed by atoms with van der Waals surface area (Å²) < 4.78 is 0. The van der Waals surface area contributed by atoms with E-state index in [9.17, 15) is 9.90 Å². The van der Waals surface area contributed by atoms with Gasteiger partial charge in [0.2, 0.25) is 0 Å². The van der Waals surface area contributed by atoms with Crippen LogP contribution in [0.2, 0.25) is 0 Å². The number of aliphatic hydroxyl groups is 1. The number of carbonyl (C=O) groups is 1. The minimum Gasteiger partial charge on any atom is -0.391 e. The van der Waals surface area contributed by atoms with Gasteiger partial charge in [-0.3, -0.25) is 4.79 Å². The Kier molecular flexibility index (Phi) is 5.48. The van der Waals surface area contributed by atoms with Crippen LogP contribution in [0.25, 0.3) is 10.8 Å². The highest BCUT2D eigenvalue weighted by molar-refractivity contribution is 5.85. The molecule has 1 unspecified atom stereocenters. The van der Waals surface area contributed by atoms with Gasteiger partial charge in [0.1, 0.15) is 5.78 Å². The first-order valence-corrected chi connectivity index (χ1v) is 7.49. The van der Waals surface area contributed by atoms with Gasteiger partial charge >= 0.3 is 0 Å². The van der Waals surface area contributed by atoms with Crippen LogP contribution in [-0.4, -0.2) is 29.6 Å². The number of fused-ring (bicyclic) bond motifs is 1. The van der Waals surface area contributed by atoms with Crippen molar-refractivity contribution in [2.75, 3.05) is 6.54 Å². The number of nitrogens with one attached hydrogen (secondary N) is 1. The van der Waals surface area contributed by atoms with Crippen molar-refractivity contribution < 1.29 is 9.90 Å². The third kappa shape index (κ3) is 4.13. The normalized spacial score (nSPS) is 14.0. The molecule has 0 aliphatic heterocycles. The summed E-state index contributed by atoms with van der Waals surface area (Å²) in [5.74, 6) is 0.0170. The molecule has 2 aromatic rings. The Hall–Kier alpha value is -1.71. The first-order chi connectivity index (χ1) is 10.1. The zero-order chi connectivity index (χ0) is 15.2. The number of carbonyl (C=O) groups excluding carboxylic acids is 1. The Morgan fingerprint density at radius 2 is 1.90 bits per heavy atom. The lowest BCUT2D eigenvalue weighted by Gasteiger charge is -2.24. The maximum Gasteiger partial charge on any atom is 0.132 e. The summed E-state index contributed by atoms with van der Waals surface area (Å²) in [6.45, 7) is 4.30. The van der Waals surface area contributed by atoms with Gasteiger partial charge in [-0.1, -0.05) is 49.4 Å². The summed E-state index contributed by atoms with van der Waals surface area (Å²) in [7, 11) is 0. The van der Waals surface area contributed by atoms with Crippen molar-refractivity contribution in [3.8, 4) is 0 Å². The summed E-state index contributed by atoms with van der Waals surface area (Å²) in [5, 5.41) is 16.0. The molecule has 2 aromatic carbocycles. The van der Waals surface area contributed by atoms with Crippen molar-refractivity contribution >= 4 is 16.6 Å². The van der Waals surface area contributed by atoms with E-state index in [0.29, 0.717) is 6.42 Å². The molecule has 0 aliphatic rings. The Bertz CT molecular complexity index is 604. The Morgan fingerprint density at radius 1 is 1.19 bits per heavy atom. The first-order valence-electron chi connectivity index (χ1n) is 7.49. The van der Waals surface area contributed by atoms with E-state index in [0.717, 1.165) is 6.54 Å². The van der Waals surface area contributed by atoms with E-state index in [1.807, 2.05) is 25.1 Å². The highest BCUT2D eigenvalue weighted by atomic mass is 16.3. The van der Waals surface area contributed by atoms with Gasteiger partial charge in [0, 0.05) is 12.5 Å². The molecule has 0 bridgehead atoms. The molecule has 3 heteroatoms. The fourth-order valence-corrected chi connectivity index (χ4v) is 2.75. The Balaban J connectivity index is 2.24. The smallest absolute Gasteiger partial charge is 0.132 e. The lowest BCUT2D eigenvalue weighted by atomic mass is 9.94. The van der Waals surface area contributed by atoms with Crippen LogP contribution in [0.5, 0.6) is 0 Å². The van der Waals surface area contributed by atoms with Gasteiger partial charge in [-0.15, -0.1) is 0 Å². The summed E-state index contributed by atoms with van der Waals surface area (Å²) in [6.07, 6.45) is 0.257. The summed E-state index contributed by atoms with van der Waals surface area (Å²) in [5.41, 5.74) is 1.20. The van der Waals surface area contributed by atoms with Gasteiger partial charge in [0.15, 0.2) is 0 Å². The van der Waals surface area contributed by atoms with E-state index < -0.39 is 6.10 Å². The molecule has 2 rings (SSSR count). The monoisotopic (exact) mass is 285 g/mol. The van der Waals surface area contributed by atoms with Crippen LogP contribution in [-0.2, 0) is 11.2 Å². The van der Waals surface area contributed by atoms with Crippen LogP contribution in [0.3, 0.4) is 0 Å². The van der Waals surface area contributed by atoms with Gasteiger partial charge < -0.3 is 10.4 Å². The number of likely N-dealkylation sites (N-methyl/N-ethyl adjacent to an activating group) is 1. The predicted octanol–water partition coefficient (Wildman–Crippen LogP) is 2.70. The zero-order valence-electron chi connectivity index (χ0n) is 12.7. The quantitative estimate of drug-likeness (QED) is 0.822. The topological polar surface area (TPSA) is 49.3 Å². The summed E-state index contributed by atoms with van der Waals surface area (Å²) >= 11 is 0. The second-order valence-corrected chi connectivity index (χ2v) is 5.48. The molecule has 0 radical (unpaired) electrons. The van der Waals surface area contributed by atoms with Crippen molar-refractivity contribution in [1.29, 1.82) is 0 Å². The van der Waals surface area contributed by atoms with E-state index in [1.54, 1.807) is 0 Å². The number of hydrogen-bond donors (Lipinski definition) is 2. The predicted molar refractivity (Wildman–Crippen MR) is 86.4 cm³/mol. The molecule has 112 valence electrons. The fraction of sp³-hybridized carbons (Fsp3) is 0.389. The average molecular weight is 285 g/mol. The number of hydrogen-bond acceptors (Lipinski definition) is 3. The number of ketones is 1. The van der Waals surface area contributed by atoms with Crippen LogP contribution in [0.4, 0.5) is 0 Å². The van der Waals surface area contributed by atoms with Crippen molar-refractivity contribution in [3.63, 3.8) is 0 Å². The van der Waals surface area contributed by atoms with Crippen molar-refractivity contribution in [3.05, 3.63) is 48.0 Å². The second-order valence-electron chi connectivity index (χ2n) is 5.48. The van der Waals surface area contributed by atoms with Crippen LogP contribution in [0.15, 0.2) is 42.5 Å². The maximum absolute atomic E-state index is 11.2. The number of Topliss-reactive ketones (excluding diaryl/α,β-unsaturated/α-hetero) is 1. The third-order valence-corrected chi connectivity index (χ3v) is 3.75. The molecule has 2 atom stereocenters. The van der Waals surface area contributed by atoms with E-state index in [-0.39, 0.29) is 18.2 Å². The first kappa shape index (κ1) is 15.7. The van der Waals surface area contributed by atoms with Crippen molar-refractivity contribution in [1.82, 2.24) is 5.32 Å². The Morgan fingerprint density at radius 3 is 2.62 bits per heavy atom. The molecule has 3 nitrogen and oxygen atoms in total. The number of rotatable bonds is 7. The lowest BCUT2D eigenvalue weighted by molar-refractivity contribution is -0.119. The zero-order valence-corrected chi connectivity index (χ0v) is 12.7. The molecule has 21 heavy (non-hydrogen) atoms. The van der Waals surface area contributed by atoms with Gasteiger partial charge in [-0.05, 0) is 36.2 Å². The van der Waals surface area contributed by atoms with Gasteiger partial charge in [0.25, 0.3) is 0 Å². The highest BCUT2D eigenvalue weighted by Crippen LogP contribution is 2.20. The maximum atomic E-state index is 11.2. The van der Waals surface area contributed by atoms with E-state index in [4.69, 9.17) is 0 Å². The molecule has 0 spiro atoms. The number of benzene rings is 2. The Labute approximate surface area is 126 Å². The van der Waals surface area contributed by atoms with Crippen LogP contribution in [0.1, 0.15) is 25.8 Å². The molecule has 0 saturated heterocycles. The van der Waals surface area contributed by atoms with E-state index in [1.165, 1.54) is 23.3 Å². The molecule has 0 heterocycles. The van der Waals surface area contributed by atoms with Crippen LogP contribution < -0.4 is 5.32 Å². The van der Waals surface area contributed by atoms with Gasteiger partial charge in [-0.2, -0.15) is 0 Å². The van der Waals surface area contributed by atoms with E-state index >= 15 is 0 Å². The minimum absolute atomic E-state index is 0.0170. The van der Waals surface area contributed by atoms with Crippen molar-refractivity contribution in [2.24, 2.45) is 0 Å².